The number of ether oxygens (including phenoxy) is 1. The molecule has 0 aromatic heterocycles. The van der Waals surface area contributed by atoms with Gasteiger partial charge in [0.25, 0.3) is 0 Å². The Morgan fingerprint density at radius 3 is 1.96 bits per heavy atom. The minimum absolute atomic E-state index is 0.0223. The van der Waals surface area contributed by atoms with Gasteiger partial charge in [0.2, 0.25) is 0 Å². The van der Waals surface area contributed by atoms with Gasteiger partial charge in [-0.25, -0.2) is 0 Å². The summed E-state index contributed by atoms with van der Waals surface area (Å²) in [5, 5.41) is 23.3. The van der Waals surface area contributed by atoms with E-state index in [1.54, 1.807) is 33.8 Å². The molecule has 3 aromatic carbocycles. The summed E-state index contributed by atoms with van der Waals surface area (Å²) in [5.74, 6) is -8.51. The SMILES string of the molecule is CC(=O)C1C(=O)C(C(C)C)[C@@]2(C)C[C@@]3(C)Cc4c(-c5ccc(CC(=O)Cc6ccc(OC(C)(C)C)cc6)cc5)ccc(O)c4C(=O)C3C(=O)[C@@]2(O)C1=O. The highest BCUT2D eigenvalue weighted by Crippen LogP contribution is 2.64. The lowest BCUT2D eigenvalue weighted by Crippen LogP contribution is -2.76. The van der Waals surface area contributed by atoms with E-state index in [0.29, 0.717) is 11.1 Å². The van der Waals surface area contributed by atoms with Crippen LogP contribution in [0.3, 0.4) is 0 Å². The molecule has 2 fully saturated rings. The number of aromatic hydroxyl groups is 1. The van der Waals surface area contributed by atoms with Gasteiger partial charge in [-0.05, 0) is 97.9 Å². The number of carbonyl (C=O) groups excluding carboxylic acids is 6. The Balaban J connectivity index is 1.30. The lowest BCUT2D eigenvalue weighted by molar-refractivity contribution is -0.205. The largest absolute Gasteiger partial charge is 0.507 e. The van der Waals surface area contributed by atoms with Crippen LogP contribution in [-0.4, -0.2) is 56.1 Å². The molecule has 0 bridgehead atoms. The fourth-order valence-corrected chi connectivity index (χ4v) is 9.76. The molecule has 0 radical (unpaired) electrons. The van der Waals surface area contributed by atoms with Gasteiger partial charge in [0.05, 0.1) is 11.5 Å². The maximum absolute atomic E-state index is 14.5. The van der Waals surface area contributed by atoms with Gasteiger partial charge >= 0.3 is 0 Å². The summed E-state index contributed by atoms with van der Waals surface area (Å²) < 4.78 is 5.87. The van der Waals surface area contributed by atoms with Crippen LogP contribution >= 0.6 is 0 Å². The van der Waals surface area contributed by atoms with Gasteiger partial charge in [-0.15, -0.1) is 0 Å². The third-order valence-electron chi connectivity index (χ3n) is 11.7. The standard InChI is InChI=1S/C44H48O9/c1-23(2)35-37(48)33(24(3)45)39(50)44(52)40(51)36-38(49)34-31(21-42(36,7)22-43(35,44)8)30(17-18-32(34)47)27-13-9-25(10-14-27)19-28(46)20-26-11-15-29(16-12-26)53-41(4,5)6/h9-18,23,33,35-36,47,52H,19-22H2,1-8H3/t33?,35?,36?,42-,43-,44+/m1/s1. The molecule has 3 unspecified atom stereocenters. The Kier molecular flexibility index (Phi) is 9.30. The third kappa shape index (κ3) is 6.16. The summed E-state index contributed by atoms with van der Waals surface area (Å²) in [7, 11) is 0. The Labute approximate surface area is 310 Å². The second-order valence-electron chi connectivity index (χ2n) is 17.3. The van der Waals surface area contributed by atoms with Gasteiger partial charge in [-0.1, -0.05) is 70.2 Å². The number of hydrogen-bond donors (Lipinski definition) is 2. The van der Waals surface area contributed by atoms with Gasteiger partial charge < -0.3 is 14.9 Å². The molecule has 2 saturated carbocycles. The molecule has 53 heavy (non-hydrogen) atoms. The van der Waals surface area contributed by atoms with Crippen molar-refractivity contribution in [3.05, 3.63) is 82.9 Å². The van der Waals surface area contributed by atoms with Crippen LogP contribution in [0, 0.1) is 34.5 Å². The van der Waals surface area contributed by atoms with Crippen molar-refractivity contribution in [1.29, 1.82) is 0 Å². The zero-order valence-electron chi connectivity index (χ0n) is 31.7. The van der Waals surface area contributed by atoms with Crippen LogP contribution in [0.2, 0.25) is 0 Å². The minimum atomic E-state index is -2.74. The predicted octanol–water partition coefficient (Wildman–Crippen LogP) is 6.29. The maximum Gasteiger partial charge on any atom is 0.190 e. The van der Waals surface area contributed by atoms with E-state index in [9.17, 15) is 39.0 Å². The molecule has 0 heterocycles. The first-order chi connectivity index (χ1) is 24.6. The Hall–Kier alpha value is -4.76. The van der Waals surface area contributed by atoms with Crippen molar-refractivity contribution in [1.82, 2.24) is 0 Å². The lowest BCUT2D eigenvalue weighted by Gasteiger charge is -2.61. The summed E-state index contributed by atoms with van der Waals surface area (Å²) in [4.78, 5) is 82.3. The van der Waals surface area contributed by atoms with Gasteiger partial charge in [0, 0.05) is 24.2 Å². The fourth-order valence-electron chi connectivity index (χ4n) is 9.76. The van der Waals surface area contributed by atoms with E-state index in [4.69, 9.17) is 4.74 Å². The summed E-state index contributed by atoms with van der Waals surface area (Å²) in [6.07, 6.45) is 0.603. The van der Waals surface area contributed by atoms with Crippen molar-refractivity contribution in [2.45, 2.75) is 92.3 Å². The van der Waals surface area contributed by atoms with E-state index >= 15 is 0 Å². The molecular formula is C44H48O9. The summed E-state index contributed by atoms with van der Waals surface area (Å²) >= 11 is 0. The van der Waals surface area contributed by atoms with E-state index in [2.05, 4.69) is 0 Å². The van der Waals surface area contributed by atoms with Crippen molar-refractivity contribution < 1.29 is 43.7 Å². The molecule has 0 saturated heterocycles. The number of aliphatic hydroxyl groups is 1. The van der Waals surface area contributed by atoms with Crippen molar-refractivity contribution in [3.8, 4) is 22.6 Å². The highest BCUT2D eigenvalue weighted by Gasteiger charge is 2.76. The van der Waals surface area contributed by atoms with E-state index < -0.39 is 69.0 Å². The first-order valence-electron chi connectivity index (χ1n) is 18.3. The van der Waals surface area contributed by atoms with Crippen molar-refractivity contribution in [2.75, 3.05) is 0 Å². The van der Waals surface area contributed by atoms with Gasteiger partial charge in [0.1, 0.15) is 34.6 Å². The second-order valence-corrected chi connectivity index (χ2v) is 17.3. The predicted molar refractivity (Wildman–Crippen MR) is 198 cm³/mol. The average Bonchev–Trinajstić information content (AvgIpc) is 3.03. The molecule has 9 heteroatoms. The van der Waals surface area contributed by atoms with Gasteiger partial charge in [-0.2, -0.15) is 0 Å². The van der Waals surface area contributed by atoms with Crippen LogP contribution in [-0.2, 0) is 43.2 Å². The summed E-state index contributed by atoms with van der Waals surface area (Å²) in [6, 6.07) is 18.0. The number of phenolic OH excluding ortho intramolecular Hbond substituents is 1. The van der Waals surface area contributed by atoms with E-state index in [0.717, 1.165) is 29.4 Å². The topological polar surface area (TPSA) is 152 Å². The van der Waals surface area contributed by atoms with Crippen LogP contribution < -0.4 is 4.74 Å². The Bertz CT molecular complexity index is 2050. The van der Waals surface area contributed by atoms with E-state index in [1.165, 1.54) is 6.07 Å². The number of phenols is 1. The number of fused-ring (bicyclic) bond motifs is 3. The van der Waals surface area contributed by atoms with Crippen LogP contribution in [0.5, 0.6) is 11.5 Å². The third-order valence-corrected chi connectivity index (χ3v) is 11.7. The highest BCUT2D eigenvalue weighted by molar-refractivity contribution is 6.32. The van der Waals surface area contributed by atoms with Crippen LogP contribution in [0.4, 0.5) is 0 Å². The molecule has 0 amide bonds. The van der Waals surface area contributed by atoms with Crippen LogP contribution in [0.15, 0.2) is 60.7 Å². The minimum Gasteiger partial charge on any atom is -0.507 e. The monoisotopic (exact) mass is 720 g/mol. The molecule has 9 nitrogen and oxygen atoms in total. The molecule has 6 rings (SSSR count). The van der Waals surface area contributed by atoms with E-state index in [1.807, 2.05) is 69.3 Å². The molecule has 278 valence electrons. The maximum atomic E-state index is 14.5. The molecule has 3 aromatic rings. The first kappa shape index (κ1) is 38.0. The summed E-state index contributed by atoms with van der Waals surface area (Å²) in [5.41, 5.74) is -2.23. The highest BCUT2D eigenvalue weighted by atomic mass is 16.5. The van der Waals surface area contributed by atoms with Crippen LogP contribution in [0.1, 0.15) is 88.9 Å². The Morgan fingerprint density at radius 2 is 1.43 bits per heavy atom. The number of carbonyl (C=O) groups is 6. The quantitative estimate of drug-likeness (QED) is 0.256. The normalized spacial score (nSPS) is 28.3. The molecule has 0 spiro atoms. The average molecular weight is 721 g/mol. The smallest absolute Gasteiger partial charge is 0.190 e. The zero-order valence-corrected chi connectivity index (χ0v) is 31.7. The second kappa shape index (κ2) is 13.0. The lowest BCUT2D eigenvalue weighted by atomic mass is 9.40. The van der Waals surface area contributed by atoms with Crippen molar-refractivity contribution >= 4 is 34.7 Å². The fraction of sp³-hybridized carbons (Fsp3) is 0.455. The number of rotatable bonds is 8. The van der Waals surface area contributed by atoms with Crippen molar-refractivity contribution in [2.24, 2.45) is 34.5 Å². The summed E-state index contributed by atoms with van der Waals surface area (Å²) in [6.45, 7) is 13.9. The zero-order chi connectivity index (χ0) is 39.0. The molecular weight excluding hydrogens is 672 g/mol. The molecule has 0 aliphatic heterocycles. The van der Waals surface area contributed by atoms with Crippen molar-refractivity contribution in [3.63, 3.8) is 0 Å². The molecule has 3 aliphatic carbocycles. The number of benzene rings is 3. The van der Waals surface area contributed by atoms with Crippen LogP contribution in [0.25, 0.3) is 11.1 Å². The first-order valence-corrected chi connectivity index (χ1v) is 18.3. The number of hydrogen-bond acceptors (Lipinski definition) is 9. The number of Topliss-reactive ketones (excluding diaryl/α,β-unsaturated/α-hetero) is 6. The van der Waals surface area contributed by atoms with Gasteiger partial charge in [-0.3, -0.25) is 28.8 Å². The van der Waals surface area contributed by atoms with E-state index in [-0.39, 0.29) is 48.4 Å². The molecule has 3 aliphatic rings. The van der Waals surface area contributed by atoms with Gasteiger partial charge in [0.15, 0.2) is 28.7 Å². The molecule has 6 atom stereocenters. The Morgan fingerprint density at radius 1 is 0.868 bits per heavy atom. The molecule has 2 N–H and O–H groups in total. The number of ketones is 6.